The third kappa shape index (κ3) is 4.44. The quantitative estimate of drug-likeness (QED) is 0.740. The zero-order valence-corrected chi connectivity index (χ0v) is 18.1. The van der Waals surface area contributed by atoms with Crippen molar-refractivity contribution in [3.63, 3.8) is 0 Å². The van der Waals surface area contributed by atoms with Crippen molar-refractivity contribution in [2.24, 2.45) is 0 Å². The first-order chi connectivity index (χ1) is 13.1. The summed E-state index contributed by atoms with van der Waals surface area (Å²) in [6.45, 7) is 11.7. The molecule has 1 heterocycles. The molecule has 0 aliphatic carbocycles. The zero-order valence-electron chi connectivity index (χ0n) is 17.4. The Bertz CT molecular complexity index is 884. The molecule has 0 saturated carbocycles. The van der Waals surface area contributed by atoms with Crippen molar-refractivity contribution >= 4 is 17.5 Å². The molecule has 0 fully saturated rings. The molecule has 0 unspecified atom stereocenters. The van der Waals surface area contributed by atoms with Crippen LogP contribution in [-0.4, -0.2) is 17.6 Å². The zero-order chi connectivity index (χ0) is 20.6. The number of ether oxygens (including phenoxy) is 2. The first-order valence-corrected chi connectivity index (χ1v) is 9.97. The van der Waals surface area contributed by atoms with E-state index in [0.717, 1.165) is 33.0 Å². The Hall–Kier alpha value is -2.20. The molecule has 3 rings (SSSR count). The van der Waals surface area contributed by atoms with Gasteiger partial charge >= 0.3 is 0 Å². The van der Waals surface area contributed by atoms with Crippen molar-refractivity contribution in [2.45, 2.75) is 65.7 Å². The minimum Gasteiger partial charge on any atom is -0.487 e. The van der Waals surface area contributed by atoms with Crippen molar-refractivity contribution in [1.29, 1.82) is 0 Å². The number of carbonyl (C=O) groups is 1. The van der Waals surface area contributed by atoms with E-state index in [2.05, 4.69) is 5.32 Å². The number of benzene rings is 2. The van der Waals surface area contributed by atoms with Crippen LogP contribution in [0.1, 0.15) is 55.5 Å². The van der Waals surface area contributed by atoms with Gasteiger partial charge in [0.05, 0.1) is 6.04 Å². The lowest BCUT2D eigenvalue weighted by Gasteiger charge is -2.38. The Morgan fingerprint density at radius 1 is 1.21 bits per heavy atom. The number of nitrogens with one attached hydrogen (secondary N) is 1. The summed E-state index contributed by atoms with van der Waals surface area (Å²) in [7, 11) is 0. The minimum absolute atomic E-state index is 0.119. The molecule has 2 atom stereocenters. The lowest BCUT2D eigenvalue weighted by molar-refractivity contribution is -0.128. The van der Waals surface area contributed by atoms with E-state index >= 15 is 0 Å². The second-order valence-corrected chi connectivity index (χ2v) is 8.68. The maximum Gasteiger partial charge on any atom is 0.261 e. The van der Waals surface area contributed by atoms with Gasteiger partial charge in [0.1, 0.15) is 17.1 Å². The van der Waals surface area contributed by atoms with Crippen LogP contribution in [0.4, 0.5) is 0 Å². The fourth-order valence-corrected chi connectivity index (χ4v) is 3.72. The van der Waals surface area contributed by atoms with Crippen LogP contribution in [0.2, 0.25) is 5.02 Å². The molecule has 0 spiro atoms. The van der Waals surface area contributed by atoms with E-state index in [1.54, 1.807) is 6.92 Å². The van der Waals surface area contributed by atoms with E-state index < -0.39 is 6.10 Å². The SMILES string of the molecule is Cc1ccc2c(c1)OC(C)(C)C[C@@H]2NC(=O)[C@@H](C)Oc1cc(C)c(Cl)c(C)c1. The van der Waals surface area contributed by atoms with E-state index in [0.29, 0.717) is 12.2 Å². The van der Waals surface area contributed by atoms with Gasteiger partial charge in [-0.05, 0) is 76.4 Å². The third-order valence-electron chi connectivity index (χ3n) is 5.03. The van der Waals surface area contributed by atoms with E-state index in [-0.39, 0.29) is 17.6 Å². The van der Waals surface area contributed by atoms with Gasteiger partial charge in [-0.2, -0.15) is 0 Å². The van der Waals surface area contributed by atoms with Crippen LogP contribution in [-0.2, 0) is 4.79 Å². The van der Waals surface area contributed by atoms with Gasteiger partial charge in [0, 0.05) is 17.0 Å². The van der Waals surface area contributed by atoms with Gasteiger partial charge in [-0.25, -0.2) is 0 Å². The van der Waals surface area contributed by atoms with E-state index in [9.17, 15) is 4.79 Å². The van der Waals surface area contributed by atoms with E-state index in [4.69, 9.17) is 21.1 Å². The first-order valence-electron chi connectivity index (χ1n) is 9.59. The molecule has 0 bridgehead atoms. The fourth-order valence-electron chi connectivity index (χ4n) is 3.61. The molecule has 4 nitrogen and oxygen atoms in total. The third-order valence-corrected chi connectivity index (χ3v) is 5.63. The second-order valence-electron chi connectivity index (χ2n) is 8.30. The van der Waals surface area contributed by atoms with Crippen LogP contribution in [0.5, 0.6) is 11.5 Å². The van der Waals surface area contributed by atoms with Gasteiger partial charge in [-0.1, -0.05) is 23.7 Å². The molecule has 0 radical (unpaired) electrons. The second kappa shape index (κ2) is 7.67. The Morgan fingerprint density at radius 3 is 2.50 bits per heavy atom. The summed E-state index contributed by atoms with van der Waals surface area (Å²) in [6, 6.07) is 9.69. The molecule has 1 aliphatic rings. The molecule has 1 N–H and O–H groups in total. The molecular weight excluding hydrogens is 374 g/mol. The number of fused-ring (bicyclic) bond motifs is 1. The van der Waals surface area contributed by atoms with Crippen LogP contribution in [0, 0.1) is 20.8 Å². The predicted octanol–water partition coefficient (Wildman–Crippen LogP) is 5.45. The van der Waals surface area contributed by atoms with Gasteiger partial charge in [0.25, 0.3) is 5.91 Å². The van der Waals surface area contributed by atoms with Crippen molar-refractivity contribution in [2.75, 3.05) is 0 Å². The van der Waals surface area contributed by atoms with Crippen LogP contribution >= 0.6 is 11.6 Å². The summed E-state index contributed by atoms with van der Waals surface area (Å²) in [5.74, 6) is 1.32. The minimum atomic E-state index is -0.625. The number of hydrogen-bond acceptors (Lipinski definition) is 3. The first kappa shape index (κ1) is 20.5. The fraction of sp³-hybridized carbons (Fsp3) is 0.435. The molecule has 2 aromatic rings. The van der Waals surface area contributed by atoms with Gasteiger partial charge in [0.2, 0.25) is 0 Å². The number of carbonyl (C=O) groups excluding carboxylic acids is 1. The highest BCUT2D eigenvalue weighted by Gasteiger charge is 2.35. The normalized spacial score (nSPS) is 18.6. The lowest BCUT2D eigenvalue weighted by atomic mass is 9.89. The molecule has 28 heavy (non-hydrogen) atoms. The highest BCUT2D eigenvalue weighted by Crippen LogP contribution is 2.40. The monoisotopic (exact) mass is 401 g/mol. The molecular formula is C23H28ClNO3. The van der Waals surface area contributed by atoms with Crippen molar-refractivity contribution in [3.05, 3.63) is 57.6 Å². The number of halogens is 1. The van der Waals surface area contributed by atoms with Crippen molar-refractivity contribution in [3.8, 4) is 11.5 Å². The van der Waals surface area contributed by atoms with Crippen LogP contribution in [0.25, 0.3) is 0 Å². The average molecular weight is 402 g/mol. The van der Waals surface area contributed by atoms with E-state index in [1.807, 2.05) is 65.0 Å². The Morgan fingerprint density at radius 2 is 1.86 bits per heavy atom. The summed E-state index contributed by atoms with van der Waals surface area (Å²) < 4.78 is 12.0. The lowest BCUT2D eigenvalue weighted by Crippen LogP contribution is -2.44. The average Bonchev–Trinajstić information content (AvgIpc) is 2.58. The molecule has 2 aromatic carbocycles. The summed E-state index contributed by atoms with van der Waals surface area (Å²) in [4.78, 5) is 12.8. The predicted molar refractivity (Wildman–Crippen MR) is 112 cm³/mol. The van der Waals surface area contributed by atoms with Crippen molar-refractivity contribution in [1.82, 2.24) is 5.32 Å². The van der Waals surface area contributed by atoms with Gasteiger partial charge < -0.3 is 14.8 Å². The highest BCUT2D eigenvalue weighted by molar-refractivity contribution is 6.32. The Balaban J connectivity index is 1.75. The summed E-state index contributed by atoms with van der Waals surface area (Å²) in [5, 5.41) is 3.86. The summed E-state index contributed by atoms with van der Waals surface area (Å²) in [6.07, 6.45) is 0.0700. The number of aryl methyl sites for hydroxylation is 3. The highest BCUT2D eigenvalue weighted by atomic mass is 35.5. The molecule has 5 heteroatoms. The number of rotatable bonds is 4. The van der Waals surface area contributed by atoms with Gasteiger partial charge in [-0.15, -0.1) is 0 Å². The topological polar surface area (TPSA) is 47.6 Å². The van der Waals surface area contributed by atoms with Crippen molar-refractivity contribution < 1.29 is 14.3 Å². The van der Waals surface area contributed by atoms with Gasteiger partial charge in [0.15, 0.2) is 6.10 Å². The molecule has 0 aromatic heterocycles. The molecule has 1 amide bonds. The van der Waals surface area contributed by atoms with Crippen LogP contribution < -0.4 is 14.8 Å². The number of amides is 1. The molecule has 1 aliphatic heterocycles. The summed E-state index contributed by atoms with van der Waals surface area (Å²) >= 11 is 6.22. The maximum absolute atomic E-state index is 12.8. The standard InChI is InChI=1S/C23H28ClNO3/c1-13-7-8-18-19(12-23(5,6)28-20(18)9-13)25-22(26)16(4)27-17-10-14(2)21(24)15(3)11-17/h7-11,16,19H,12H2,1-6H3,(H,25,26)/t16-,19+/m1/s1. The van der Waals surface area contributed by atoms with E-state index in [1.165, 1.54) is 0 Å². The smallest absolute Gasteiger partial charge is 0.261 e. The summed E-state index contributed by atoms with van der Waals surface area (Å²) in [5.41, 5.74) is 3.64. The van der Waals surface area contributed by atoms with Crippen LogP contribution in [0.3, 0.4) is 0 Å². The molecule has 150 valence electrons. The van der Waals surface area contributed by atoms with Gasteiger partial charge in [-0.3, -0.25) is 4.79 Å². The maximum atomic E-state index is 12.8. The largest absolute Gasteiger partial charge is 0.487 e. The van der Waals surface area contributed by atoms with Crippen LogP contribution in [0.15, 0.2) is 30.3 Å². The molecule has 0 saturated heterocycles. The Labute approximate surface area is 172 Å². The number of hydrogen-bond donors (Lipinski definition) is 1. The Kier molecular flexibility index (Phi) is 5.62.